The van der Waals surface area contributed by atoms with Crippen molar-refractivity contribution in [2.45, 2.75) is 19.4 Å². The molecule has 0 spiro atoms. The third-order valence-corrected chi connectivity index (χ3v) is 3.16. The van der Waals surface area contributed by atoms with Crippen molar-refractivity contribution >= 4 is 17.3 Å². The molecule has 4 heteroatoms. The van der Waals surface area contributed by atoms with Crippen LogP contribution in [0.15, 0.2) is 17.5 Å². The number of thiophene rings is 1. The lowest BCUT2D eigenvalue weighted by molar-refractivity contribution is -0.144. The van der Waals surface area contributed by atoms with Crippen molar-refractivity contribution < 1.29 is 9.53 Å². The first kappa shape index (κ1) is 12.2. The second-order valence-electron chi connectivity index (χ2n) is 3.53. The second kappa shape index (κ2) is 5.88. The molecular weight excluding hydrogens is 210 g/mol. The van der Waals surface area contributed by atoms with E-state index in [0.717, 1.165) is 0 Å². The van der Waals surface area contributed by atoms with Crippen LogP contribution in [0.1, 0.15) is 24.3 Å². The molecule has 1 heterocycles. The molecule has 1 atom stereocenters. The molecule has 1 aromatic heterocycles. The maximum absolute atomic E-state index is 11.1. The van der Waals surface area contributed by atoms with Crippen LogP contribution in [0.25, 0.3) is 0 Å². The largest absolute Gasteiger partial charge is 0.464 e. The van der Waals surface area contributed by atoms with E-state index >= 15 is 0 Å². The van der Waals surface area contributed by atoms with Crippen LogP contribution in [-0.4, -0.2) is 31.6 Å². The zero-order valence-corrected chi connectivity index (χ0v) is 10.2. The van der Waals surface area contributed by atoms with Crippen molar-refractivity contribution in [1.82, 2.24) is 4.90 Å². The Kier molecular flexibility index (Phi) is 4.78. The summed E-state index contributed by atoms with van der Waals surface area (Å²) in [4.78, 5) is 14.4. The first-order valence-corrected chi connectivity index (χ1v) is 5.88. The quantitative estimate of drug-likeness (QED) is 0.723. The van der Waals surface area contributed by atoms with Crippen LogP contribution in [0.3, 0.4) is 0 Å². The molecule has 1 rings (SSSR count). The predicted octanol–water partition coefficient (Wildman–Crippen LogP) is 2.30. The van der Waals surface area contributed by atoms with Crippen LogP contribution in [0.4, 0.5) is 0 Å². The average Bonchev–Trinajstić information content (AvgIpc) is 2.70. The fourth-order valence-corrected chi connectivity index (χ4v) is 2.15. The van der Waals surface area contributed by atoms with Crippen molar-refractivity contribution in [3.05, 3.63) is 22.4 Å². The number of nitrogens with zero attached hydrogens (tertiary/aromatic N) is 1. The summed E-state index contributed by atoms with van der Waals surface area (Å²) in [5.74, 6) is -0.140. The van der Waals surface area contributed by atoms with Gasteiger partial charge in [-0.05, 0) is 25.5 Å². The van der Waals surface area contributed by atoms with Gasteiger partial charge in [0.2, 0.25) is 0 Å². The molecule has 1 aromatic rings. The molecule has 0 N–H and O–H groups in total. The van der Waals surface area contributed by atoms with Crippen molar-refractivity contribution in [2.75, 3.05) is 20.7 Å². The van der Waals surface area contributed by atoms with Crippen LogP contribution < -0.4 is 0 Å². The van der Waals surface area contributed by atoms with E-state index in [1.54, 1.807) is 18.3 Å². The van der Waals surface area contributed by atoms with Gasteiger partial charge in [-0.15, -0.1) is 11.3 Å². The van der Waals surface area contributed by atoms with Crippen molar-refractivity contribution in [3.63, 3.8) is 0 Å². The zero-order chi connectivity index (χ0) is 11.3. The van der Waals surface area contributed by atoms with Gasteiger partial charge in [-0.2, -0.15) is 0 Å². The van der Waals surface area contributed by atoms with Crippen LogP contribution in [0.2, 0.25) is 0 Å². The van der Waals surface area contributed by atoms with E-state index < -0.39 is 0 Å². The lowest BCUT2D eigenvalue weighted by Crippen LogP contribution is -2.25. The zero-order valence-electron chi connectivity index (χ0n) is 9.40. The number of esters is 1. The highest BCUT2D eigenvalue weighted by Gasteiger charge is 2.16. The Balaban J connectivity index is 2.56. The lowest BCUT2D eigenvalue weighted by atomic mass is 10.2. The number of ether oxygens (including phenoxy) is 1. The number of rotatable bonds is 5. The molecule has 15 heavy (non-hydrogen) atoms. The fraction of sp³-hybridized carbons (Fsp3) is 0.545. The summed E-state index contributed by atoms with van der Waals surface area (Å²) in [6.45, 7) is 2.23. The van der Waals surface area contributed by atoms with Crippen LogP contribution in [0, 0.1) is 0 Å². The molecule has 84 valence electrons. The molecule has 0 bridgehead atoms. The minimum absolute atomic E-state index is 0.140. The SMILES string of the molecule is CCC(=O)OCC(c1cccs1)N(C)C. The summed E-state index contributed by atoms with van der Waals surface area (Å²) in [5, 5.41) is 2.04. The molecule has 0 aliphatic heterocycles. The Morgan fingerprint density at radius 1 is 1.60 bits per heavy atom. The number of likely N-dealkylation sites (N-methyl/N-ethyl adjacent to an activating group) is 1. The Labute approximate surface area is 94.7 Å². The van der Waals surface area contributed by atoms with E-state index in [9.17, 15) is 4.79 Å². The lowest BCUT2D eigenvalue weighted by Gasteiger charge is -2.22. The molecule has 0 saturated carbocycles. The van der Waals surface area contributed by atoms with Gasteiger partial charge in [0.05, 0.1) is 6.04 Å². The molecule has 0 radical (unpaired) electrons. The van der Waals surface area contributed by atoms with Gasteiger partial charge < -0.3 is 4.74 Å². The highest BCUT2D eigenvalue weighted by Crippen LogP contribution is 2.23. The summed E-state index contributed by atoms with van der Waals surface area (Å²) in [6.07, 6.45) is 0.435. The molecule has 0 fully saturated rings. The summed E-state index contributed by atoms with van der Waals surface area (Å²) in [5.41, 5.74) is 0. The van der Waals surface area contributed by atoms with Gasteiger partial charge in [0.1, 0.15) is 6.61 Å². The normalized spacial score (nSPS) is 12.8. The minimum atomic E-state index is -0.140. The highest BCUT2D eigenvalue weighted by atomic mass is 32.1. The van der Waals surface area contributed by atoms with Crippen molar-refractivity contribution in [2.24, 2.45) is 0 Å². The first-order valence-electron chi connectivity index (χ1n) is 5.00. The number of hydrogen-bond acceptors (Lipinski definition) is 4. The van der Waals surface area contributed by atoms with Gasteiger partial charge in [-0.3, -0.25) is 9.69 Å². The Bertz CT molecular complexity index is 296. The first-order chi connectivity index (χ1) is 7.15. The Morgan fingerprint density at radius 2 is 2.33 bits per heavy atom. The minimum Gasteiger partial charge on any atom is -0.464 e. The molecule has 0 aliphatic carbocycles. The highest BCUT2D eigenvalue weighted by molar-refractivity contribution is 7.10. The molecular formula is C11H17NO2S. The second-order valence-corrected chi connectivity index (χ2v) is 4.51. The molecule has 0 aromatic carbocycles. The summed E-state index contributed by atoms with van der Waals surface area (Å²) in [6, 6.07) is 4.24. The smallest absolute Gasteiger partial charge is 0.305 e. The maximum atomic E-state index is 11.1. The van der Waals surface area contributed by atoms with E-state index in [0.29, 0.717) is 13.0 Å². The van der Waals surface area contributed by atoms with Gasteiger partial charge >= 0.3 is 5.97 Å². The molecule has 0 aliphatic rings. The van der Waals surface area contributed by atoms with E-state index in [-0.39, 0.29) is 12.0 Å². The van der Waals surface area contributed by atoms with Gasteiger partial charge in [0, 0.05) is 11.3 Å². The van der Waals surface area contributed by atoms with Crippen molar-refractivity contribution in [1.29, 1.82) is 0 Å². The van der Waals surface area contributed by atoms with E-state index in [4.69, 9.17) is 4.74 Å². The summed E-state index contributed by atoms with van der Waals surface area (Å²) >= 11 is 1.69. The predicted molar refractivity (Wildman–Crippen MR) is 62.0 cm³/mol. The van der Waals surface area contributed by atoms with E-state index in [2.05, 4.69) is 11.0 Å². The summed E-state index contributed by atoms with van der Waals surface area (Å²) in [7, 11) is 3.98. The van der Waals surface area contributed by atoms with Gasteiger partial charge in [-0.1, -0.05) is 13.0 Å². The van der Waals surface area contributed by atoms with Crippen molar-refractivity contribution in [3.8, 4) is 0 Å². The van der Waals surface area contributed by atoms with Crippen LogP contribution >= 0.6 is 11.3 Å². The number of carbonyl (C=O) groups is 1. The molecule has 0 saturated heterocycles. The number of carbonyl (C=O) groups excluding carboxylic acids is 1. The maximum Gasteiger partial charge on any atom is 0.305 e. The Hall–Kier alpha value is -0.870. The summed E-state index contributed by atoms with van der Waals surface area (Å²) < 4.78 is 5.16. The monoisotopic (exact) mass is 227 g/mol. The topological polar surface area (TPSA) is 29.5 Å². The van der Waals surface area contributed by atoms with Crippen LogP contribution in [0.5, 0.6) is 0 Å². The van der Waals surface area contributed by atoms with Gasteiger partial charge in [-0.25, -0.2) is 0 Å². The molecule has 0 amide bonds. The fourth-order valence-electron chi connectivity index (χ4n) is 1.24. The average molecular weight is 227 g/mol. The standard InChI is InChI=1S/C11H17NO2S/c1-4-11(13)14-8-9(12(2)3)10-6-5-7-15-10/h5-7,9H,4,8H2,1-3H3. The van der Waals surface area contributed by atoms with E-state index in [1.165, 1.54) is 4.88 Å². The number of hydrogen-bond donors (Lipinski definition) is 0. The third-order valence-electron chi connectivity index (χ3n) is 2.19. The van der Waals surface area contributed by atoms with Crippen LogP contribution in [-0.2, 0) is 9.53 Å². The van der Waals surface area contributed by atoms with Gasteiger partial charge in [0.25, 0.3) is 0 Å². The molecule has 3 nitrogen and oxygen atoms in total. The Morgan fingerprint density at radius 3 is 2.80 bits per heavy atom. The van der Waals surface area contributed by atoms with E-state index in [1.807, 2.05) is 25.5 Å². The molecule has 1 unspecified atom stereocenters. The van der Waals surface area contributed by atoms with Gasteiger partial charge in [0.15, 0.2) is 0 Å². The third kappa shape index (κ3) is 3.64.